The summed E-state index contributed by atoms with van der Waals surface area (Å²) >= 11 is 0. The van der Waals surface area contributed by atoms with E-state index in [-0.39, 0.29) is 38.6 Å². The van der Waals surface area contributed by atoms with Crippen LogP contribution in [0.2, 0.25) is 0 Å². The average Bonchev–Trinajstić information content (AvgIpc) is 3.25. The van der Waals surface area contributed by atoms with Crippen LogP contribution in [0.4, 0.5) is 0 Å². The van der Waals surface area contributed by atoms with Gasteiger partial charge in [-0.3, -0.25) is 18.6 Å². The quantitative estimate of drug-likeness (QED) is 0.0265. The van der Waals surface area contributed by atoms with E-state index in [1.807, 2.05) is 0 Å². The molecule has 0 aliphatic heterocycles. The zero-order valence-electron chi connectivity index (χ0n) is 40.2. The third-order valence-electron chi connectivity index (χ3n) is 11.7. The van der Waals surface area contributed by atoms with Crippen molar-refractivity contribution in [2.24, 2.45) is 5.73 Å². The van der Waals surface area contributed by atoms with E-state index in [0.29, 0.717) is 6.42 Å². The Kier molecular flexibility index (Phi) is 47.2. The van der Waals surface area contributed by atoms with Gasteiger partial charge in [-0.05, 0) is 38.5 Å². The van der Waals surface area contributed by atoms with E-state index >= 15 is 0 Å². The van der Waals surface area contributed by atoms with Gasteiger partial charge in [-0.15, -0.1) is 0 Å². The van der Waals surface area contributed by atoms with Crippen LogP contribution in [0.25, 0.3) is 0 Å². The van der Waals surface area contributed by atoms with Crippen molar-refractivity contribution >= 4 is 19.8 Å². The lowest BCUT2D eigenvalue weighted by atomic mass is 10.0. The summed E-state index contributed by atoms with van der Waals surface area (Å²) in [6, 6.07) is 0. The molecule has 9 nitrogen and oxygen atoms in total. The molecule has 0 saturated heterocycles. The Morgan fingerprint density at radius 3 is 1.16 bits per heavy atom. The van der Waals surface area contributed by atoms with Gasteiger partial charge in [0.05, 0.1) is 13.2 Å². The molecular weight excluding hydrogens is 786 g/mol. The number of carbonyl (C=O) groups excluding carboxylic acids is 2. The summed E-state index contributed by atoms with van der Waals surface area (Å²) in [6.45, 7) is 3.79. The van der Waals surface area contributed by atoms with Gasteiger partial charge in [0, 0.05) is 19.4 Å². The summed E-state index contributed by atoms with van der Waals surface area (Å²) in [5.41, 5.74) is 5.37. The number of esters is 2. The van der Waals surface area contributed by atoms with Gasteiger partial charge < -0.3 is 20.1 Å². The lowest BCUT2D eigenvalue weighted by molar-refractivity contribution is -0.161. The van der Waals surface area contributed by atoms with Gasteiger partial charge >= 0.3 is 19.8 Å². The summed E-state index contributed by atoms with van der Waals surface area (Å²) < 4.78 is 33.0. The molecule has 0 aromatic heterocycles. The van der Waals surface area contributed by atoms with Crippen LogP contribution >= 0.6 is 7.82 Å². The van der Waals surface area contributed by atoms with Gasteiger partial charge in [0.25, 0.3) is 0 Å². The maximum absolute atomic E-state index is 12.7. The number of nitrogens with two attached hydrogens (primary N) is 1. The maximum Gasteiger partial charge on any atom is 0.472 e. The number of hydrogen-bond acceptors (Lipinski definition) is 8. The molecule has 0 bridgehead atoms. The molecule has 10 heteroatoms. The zero-order chi connectivity index (χ0) is 44.6. The third kappa shape index (κ3) is 48.1. The molecule has 0 saturated carbocycles. The van der Waals surface area contributed by atoms with Gasteiger partial charge in [-0.1, -0.05) is 231 Å². The summed E-state index contributed by atoms with van der Waals surface area (Å²) in [5, 5.41) is 0. The highest BCUT2D eigenvalue weighted by molar-refractivity contribution is 7.47. The molecule has 0 aliphatic rings. The molecular formula is C51H100NO8P. The molecule has 0 amide bonds. The minimum absolute atomic E-state index is 0.0568. The van der Waals surface area contributed by atoms with Gasteiger partial charge in [-0.25, -0.2) is 4.57 Å². The van der Waals surface area contributed by atoms with E-state index in [0.717, 1.165) is 32.1 Å². The zero-order valence-corrected chi connectivity index (χ0v) is 41.1. The van der Waals surface area contributed by atoms with E-state index in [4.69, 9.17) is 24.3 Å². The first-order valence-electron chi connectivity index (χ1n) is 26.2. The van der Waals surface area contributed by atoms with Gasteiger partial charge in [0.15, 0.2) is 6.10 Å². The van der Waals surface area contributed by atoms with E-state index in [9.17, 15) is 19.0 Å². The molecule has 1 unspecified atom stereocenters. The van der Waals surface area contributed by atoms with Crippen LogP contribution in [-0.4, -0.2) is 49.3 Å². The Hall–Kier alpha value is -1.25. The van der Waals surface area contributed by atoms with Crippen LogP contribution in [0.1, 0.15) is 271 Å². The van der Waals surface area contributed by atoms with Crippen LogP contribution < -0.4 is 5.73 Å². The van der Waals surface area contributed by atoms with E-state index in [1.54, 1.807) is 0 Å². The fraction of sp³-hybridized carbons (Fsp3) is 0.922. The fourth-order valence-corrected chi connectivity index (χ4v) is 8.52. The van der Waals surface area contributed by atoms with Crippen LogP contribution in [0, 0.1) is 0 Å². The molecule has 0 spiro atoms. The van der Waals surface area contributed by atoms with Crippen molar-refractivity contribution in [3.8, 4) is 0 Å². The minimum Gasteiger partial charge on any atom is -0.462 e. The van der Waals surface area contributed by atoms with Crippen molar-refractivity contribution in [3.63, 3.8) is 0 Å². The number of phosphoric acid groups is 1. The normalized spacial score (nSPS) is 13.2. The highest BCUT2D eigenvalue weighted by atomic mass is 31.2. The standard InChI is InChI=1S/C51H100NO8P/c1-3-5-7-9-11-13-15-17-19-21-23-24-26-27-29-31-33-35-37-39-41-43-50(53)57-47-49(48-59-61(55,56)58-46-45-52)60-51(54)44-42-40-38-36-34-32-30-28-25-22-20-18-16-14-12-10-8-6-4-2/h17,19,49H,3-16,18,20-48,52H2,1-2H3,(H,55,56)/t49-/m1/s1. The number of hydrogen-bond donors (Lipinski definition) is 2. The average molecular weight is 886 g/mol. The first-order valence-corrected chi connectivity index (χ1v) is 27.7. The van der Waals surface area contributed by atoms with Crippen molar-refractivity contribution < 1.29 is 37.6 Å². The van der Waals surface area contributed by atoms with Crippen molar-refractivity contribution in [1.29, 1.82) is 0 Å². The first kappa shape index (κ1) is 59.8. The Morgan fingerprint density at radius 2 is 0.803 bits per heavy atom. The predicted octanol–water partition coefficient (Wildman–Crippen LogP) is 15.7. The topological polar surface area (TPSA) is 134 Å². The minimum atomic E-state index is -4.38. The van der Waals surface area contributed by atoms with E-state index in [1.165, 1.54) is 205 Å². The lowest BCUT2D eigenvalue weighted by Gasteiger charge is -2.19. The second kappa shape index (κ2) is 48.2. The summed E-state index contributed by atoms with van der Waals surface area (Å²) in [7, 11) is -4.38. The number of unbranched alkanes of at least 4 members (excludes halogenated alkanes) is 35. The Balaban J connectivity index is 3.99. The summed E-state index contributed by atoms with van der Waals surface area (Å²) in [6.07, 6.45) is 52.5. The highest BCUT2D eigenvalue weighted by Crippen LogP contribution is 2.43. The largest absolute Gasteiger partial charge is 0.472 e. The molecule has 0 aromatic carbocycles. The molecule has 3 N–H and O–H groups in total. The molecule has 0 fully saturated rings. The summed E-state index contributed by atoms with van der Waals surface area (Å²) in [5.74, 6) is -0.811. The van der Waals surface area contributed by atoms with Crippen LogP contribution in [0.3, 0.4) is 0 Å². The third-order valence-corrected chi connectivity index (χ3v) is 12.6. The number of rotatable bonds is 50. The smallest absolute Gasteiger partial charge is 0.462 e. The Bertz CT molecular complexity index is 1010. The Morgan fingerprint density at radius 1 is 0.475 bits per heavy atom. The van der Waals surface area contributed by atoms with Crippen molar-refractivity contribution in [2.75, 3.05) is 26.4 Å². The summed E-state index contributed by atoms with van der Waals surface area (Å²) in [4.78, 5) is 35.1. The van der Waals surface area contributed by atoms with E-state index in [2.05, 4.69) is 26.0 Å². The highest BCUT2D eigenvalue weighted by Gasteiger charge is 2.26. The van der Waals surface area contributed by atoms with Crippen molar-refractivity contribution in [3.05, 3.63) is 12.2 Å². The number of carbonyl (C=O) groups is 2. The molecule has 0 aliphatic carbocycles. The lowest BCUT2D eigenvalue weighted by Crippen LogP contribution is -2.29. The van der Waals surface area contributed by atoms with Gasteiger partial charge in [-0.2, -0.15) is 0 Å². The van der Waals surface area contributed by atoms with Crippen LogP contribution in [-0.2, 0) is 32.7 Å². The molecule has 2 atom stereocenters. The van der Waals surface area contributed by atoms with Gasteiger partial charge in [0.1, 0.15) is 6.61 Å². The van der Waals surface area contributed by atoms with E-state index < -0.39 is 26.5 Å². The second-order valence-corrected chi connectivity index (χ2v) is 19.2. The number of ether oxygens (including phenoxy) is 2. The van der Waals surface area contributed by atoms with Crippen LogP contribution in [0.5, 0.6) is 0 Å². The molecule has 0 rings (SSSR count). The second-order valence-electron chi connectivity index (χ2n) is 17.8. The maximum atomic E-state index is 12.7. The molecule has 362 valence electrons. The van der Waals surface area contributed by atoms with Crippen LogP contribution in [0.15, 0.2) is 12.2 Å². The molecule has 61 heavy (non-hydrogen) atoms. The number of allylic oxidation sites excluding steroid dienone is 2. The SMILES string of the molecule is CCCCCCCCC=CCCCCCCCCCCCCCC(=O)OC[C@H](COP(=O)(O)OCCN)OC(=O)CCCCCCCCCCCCCCCCCCCCC. The van der Waals surface area contributed by atoms with Crippen molar-refractivity contribution in [1.82, 2.24) is 0 Å². The molecule has 0 aromatic rings. The monoisotopic (exact) mass is 886 g/mol. The molecule has 0 radical (unpaired) electrons. The Labute approximate surface area is 377 Å². The predicted molar refractivity (Wildman–Crippen MR) is 257 cm³/mol. The number of phosphoric ester groups is 1. The molecule has 0 heterocycles. The fourth-order valence-electron chi connectivity index (χ4n) is 7.75. The van der Waals surface area contributed by atoms with Crippen molar-refractivity contribution in [2.45, 2.75) is 277 Å². The van der Waals surface area contributed by atoms with Gasteiger partial charge in [0.2, 0.25) is 0 Å². The first-order chi connectivity index (χ1) is 29.8.